The van der Waals surface area contributed by atoms with Crippen molar-refractivity contribution in [3.8, 4) is 0 Å². The lowest BCUT2D eigenvalue weighted by Gasteiger charge is -2.14. The van der Waals surface area contributed by atoms with Crippen molar-refractivity contribution in [2.45, 2.75) is 19.4 Å². The Bertz CT molecular complexity index is 328. The van der Waals surface area contributed by atoms with Gasteiger partial charge in [-0.3, -0.25) is 4.39 Å². The summed E-state index contributed by atoms with van der Waals surface area (Å²) in [6.45, 7) is 1.18. The highest BCUT2D eigenvalue weighted by atomic mass is 35.5. The van der Waals surface area contributed by atoms with E-state index in [0.29, 0.717) is 5.02 Å². The van der Waals surface area contributed by atoms with Crippen LogP contribution >= 0.6 is 11.6 Å². The maximum atomic E-state index is 13.3. The van der Waals surface area contributed by atoms with Gasteiger partial charge in [0.15, 0.2) is 0 Å². The first kappa shape index (κ1) is 11.4. The summed E-state index contributed by atoms with van der Waals surface area (Å²) in [6, 6.07) is 2.20. The number of benzene rings is 1. The first-order chi connectivity index (χ1) is 6.57. The number of rotatable bonds is 3. The molecule has 0 aliphatic heterocycles. The van der Waals surface area contributed by atoms with Crippen molar-refractivity contribution < 1.29 is 8.78 Å². The normalized spacial score (nSPS) is 12.9. The summed E-state index contributed by atoms with van der Waals surface area (Å²) in [5, 5.41) is 0.297. The molecule has 0 unspecified atom stereocenters. The maximum Gasteiger partial charge on any atom is 0.129 e. The minimum absolute atomic E-state index is 0.0834. The fourth-order valence-corrected chi connectivity index (χ4v) is 1.57. The van der Waals surface area contributed by atoms with Crippen molar-refractivity contribution in [1.82, 2.24) is 0 Å². The summed E-state index contributed by atoms with van der Waals surface area (Å²) in [4.78, 5) is 0. The van der Waals surface area contributed by atoms with Crippen LogP contribution < -0.4 is 5.73 Å². The minimum Gasteiger partial charge on any atom is -0.324 e. The summed E-state index contributed by atoms with van der Waals surface area (Å²) in [7, 11) is 0. The van der Waals surface area contributed by atoms with Crippen LogP contribution in [-0.4, -0.2) is 6.67 Å². The third kappa shape index (κ3) is 2.22. The predicted molar refractivity (Wildman–Crippen MR) is 53.7 cm³/mol. The van der Waals surface area contributed by atoms with E-state index in [2.05, 4.69) is 0 Å². The Hall–Kier alpha value is -0.670. The van der Waals surface area contributed by atoms with Crippen LogP contribution in [0.1, 0.15) is 23.6 Å². The Balaban J connectivity index is 3.11. The zero-order valence-corrected chi connectivity index (χ0v) is 8.61. The van der Waals surface area contributed by atoms with Crippen LogP contribution in [0.5, 0.6) is 0 Å². The monoisotopic (exact) mass is 219 g/mol. The molecular formula is C10H12ClF2N. The van der Waals surface area contributed by atoms with E-state index >= 15 is 0 Å². The summed E-state index contributed by atoms with van der Waals surface area (Å²) >= 11 is 5.89. The van der Waals surface area contributed by atoms with Crippen LogP contribution in [0.15, 0.2) is 12.1 Å². The molecular weight excluding hydrogens is 208 g/mol. The first-order valence-electron chi connectivity index (χ1n) is 4.34. The second-order valence-corrected chi connectivity index (χ2v) is 3.55. The van der Waals surface area contributed by atoms with E-state index in [1.54, 1.807) is 13.0 Å². The second kappa shape index (κ2) is 4.71. The van der Waals surface area contributed by atoms with Gasteiger partial charge >= 0.3 is 0 Å². The molecule has 0 fully saturated rings. The molecule has 2 N–H and O–H groups in total. The Morgan fingerprint density at radius 3 is 2.71 bits per heavy atom. The Morgan fingerprint density at radius 1 is 1.50 bits per heavy atom. The summed E-state index contributed by atoms with van der Waals surface area (Å²) in [6.07, 6.45) is 0.0834. The Kier molecular flexibility index (Phi) is 3.84. The molecule has 4 heteroatoms. The highest BCUT2D eigenvalue weighted by Crippen LogP contribution is 2.29. The zero-order chi connectivity index (χ0) is 10.7. The highest BCUT2D eigenvalue weighted by molar-refractivity contribution is 6.32. The zero-order valence-electron chi connectivity index (χ0n) is 7.86. The van der Waals surface area contributed by atoms with Crippen LogP contribution in [0.25, 0.3) is 0 Å². The first-order valence-corrected chi connectivity index (χ1v) is 4.71. The van der Waals surface area contributed by atoms with Gasteiger partial charge < -0.3 is 5.73 Å². The van der Waals surface area contributed by atoms with Crippen LogP contribution in [-0.2, 0) is 0 Å². The maximum absolute atomic E-state index is 13.3. The van der Waals surface area contributed by atoms with Gasteiger partial charge in [0.25, 0.3) is 0 Å². The molecule has 0 saturated carbocycles. The van der Waals surface area contributed by atoms with Gasteiger partial charge in [-0.05, 0) is 25.0 Å². The summed E-state index contributed by atoms with van der Waals surface area (Å²) < 4.78 is 25.4. The van der Waals surface area contributed by atoms with E-state index in [-0.39, 0.29) is 12.0 Å². The second-order valence-electron chi connectivity index (χ2n) is 3.18. The van der Waals surface area contributed by atoms with Gasteiger partial charge in [0.05, 0.1) is 11.7 Å². The van der Waals surface area contributed by atoms with E-state index in [4.69, 9.17) is 17.3 Å². The van der Waals surface area contributed by atoms with Gasteiger partial charge in [-0.15, -0.1) is 0 Å². The number of aryl methyl sites for hydroxylation is 1. The smallest absolute Gasteiger partial charge is 0.129 e. The molecule has 78 valence electrons. The average molecular weight is 220 g/mol. The van der Waals surface area contributed by atoms with Crippen molar-refractivity contribution in [1.29, 1.82) is 0 Å². The number of alkyl halides is 1. The average Bonchev–Trinajstić information content (AvgIpc) is 2.13. The van der Waals surface area contributed by atoms with E-state index in [9.17, 15) is 8.78 Å². The summed E-state index contributed by atoms with van der Waals surface area (Å²) in [5.41, 5.74) is 6.57. The SMILES string of the molecule is Cc1ccc(F)c([C@@H](N)CCF)c1Cl. The predicted octanol–water partition coefficient (Wildman–Crippen LogP) is 3.15. The fraction of sp³-hybridized carbons (Fsp3) is 0.400. The largest absolute Gasteiger partial charge is 0.324 e. The van der Waals surface area contributed by atoms with E-state index in [1.165, 1.54) is 6.07 Å². The molecule has 0 bridgehead atoms. The van der Waals surface area contributed by atoms with Crippen molar-refractivity contribution in [2.75, 3.05) is 6.67 Å². The van der Waals surface area contributed by atoms with Crippen molar-refractivity contribution in [2.24, 2.45) is 5.73 Å². The quantitative estimate of drug-likeness (QED) is 0.831. The third-order valence-electron chi connectivity index (χ3n) is 2.11. The van der Waals surface area contributed by atoms with Crippen LogP contribution in [0.2, 0.25) is 5.02 Å². The molecule has 0 radical (unpaired) electrons. The Morgan fingerprint density at radius 2 is 2.14 bits per heavy atom. The molecule has 1 rings (SSSR count). The molecule has 1 nitrogen and oxygen atoms in total. The van der Waals surface area contributed by atoms with Gasteiger partial charge in [0.2, 0.25) is 0 Å². The van der Waals surface area contributed by atoms with Crippen molar-refractivity contribution in [3.05, 3.63) is 34.1 Å². The molecule has 0 heterocycles. The Labute approximate surface area is 86.9 Å². The number of hydrogen-bond donors (Lipinski definition) is 1. The molecule has 0 aliphatic rings. The molecule has 1 aromatic rings. The van der Waals surface area contributed by atoms with Gasteiger partial charge in [-0.2, -0.15) is 0 Å². The standard InChI is InChI=1S/C10H12ClF2N/c1-6-2-3-7(13)9(10(6)11)8(14)4-5-12/h2-3,8H,4-5,14H2,1H3/t8-/m0/s1. The lowest BCUT2D eigenvalue weighted by atomic mass is 10.0. The molecule has 0 aliphatic carbocycles. The topological polar surface area (TPSA) is 26.0 Å². The van der Waals surface area contributed by atoms with Gasteiger partial charge in [0, 0.05) is 11.6 Å². The number of halogens is 3. The fourth-order valence-electron chi connectivity index (χ4n) is 1.28. The molecule has 0 spiro atoms. The lowest BCUT2D eigenvalue weighted by molar-refractivity contribution is 0.435. The van der Waals surface area contributed by atoms with Gasteiger partial charge in [0.1, 0.15) is 5.82 Å². The molecule has 1 atom stereocenters. The minimum atomic E-state index is -0.674. The van der Waals surface area contributed by atoms with Crippen LogP contribution in [0.3, 0.4) is 0 Å². The van der Waals surface area contributed by atoms with Crippen LogP contribution in [0, 0.1) is 12.7 Å². The number of hydrogen-bond acceptors (Lipinski definition) is 1. The van der Waals surface area contributed by atoms with Gasteiger partial charge in [-0.25, -0.2) is 4.39 Å². The van der Waals surface area contributed by atoms with Gasteiger partial charge in [-0.1, -0.05) is 17.7 Å². The molecule has 0 aromatic heterocycles. The molecule has 1 aromatic carbocycles. The van der Waals surface area contributed by atoms with Crippen LogP contribution in [0.4, 0.5) is 8.78 Å². The van der Waals surface area contributed by atoms with E-state index in [0.717, 1.165) is 5.56 Å². The van der Waals surface area contributed by atoms with Crippen molar-refractivity contribution in [3.63, 3.8) is 0 Å². The van der Waals surface area contributed by atoms with Crippen molar-refractivity contribution >= 4 is 11.6 Å². The van der Waals surface area contributed by atoms with E-state index in [1.807, 2.05) is 0 Å². The highest BCUT2D eigenvalue weighted by Gasteiger charge is 2.16. The van der Waals surface area contributed by atoms with E-state index < -0.39 is 18.5 Å². The summed E-state index contributed by atoms with van der Waals surface area (Å²) in [5.74, 6) is -0.471. The molecule has 0 saturated heterocycles. The molecule has 0 amide bonds. The third-order valence-corrected chi connectivity index (χ3v) is 2.61. The molecule has 14 heavy (non-hydrogen) atoms. The lowest BCUT2D eigenvalue weighted by Crippen LogP contribution is -2.14. The number of nitrogens with two attached hydrogens (primary N) is 1.